The van der Waals surface area contributed by atoms with Crippen molar-refractivity contribution in [1.29, 1.82) is 0 Å². The molecule has 138 valence electrons. The van der Waals surface area contributed by atoms with Crippen LogP contribution in [0, 0.1) is 5.92 Å². The number of pyridine rings is 1. The Bertz CT molecular complexity index is 667. The zero-order chi connectivity index (χ0) is 18.2. The second-order valence-corrected chi connectivity index (χ2v) is 6.97. The molecule has 1 aromatic carbocycles. The van der Waals surface area contributed by atoms with Gasteiger partial charge in [-0.2, -0.15) is 0 Å². The minimum absolute atomic E-state index is 0.0123. The van der Waals surface area contributed by atoms with Crippen molar-refractivity contribution in [3.05, 3.63) is 60.4 Å². The number of amides is 1. The lowest BCUT2D eigenvalue weighted by atomic mass is 9.90. The predicted octanol–water partition coefficient (Wildman–Crippen LogP) is 4.28. The first-order valence-electron chi connectivity index (χ1n) is 9.64. The minimum Gasteiger partial charge on any atom is -0.492 e. The lowest BCUT2D eigenvalue weighted by Gasteiger charge is -2.34. The summed E-state index contributed by atoms with van der Waals surface area (Å²) in [5.41, 5.74) is 1.13. The Kier molecular flexibility index (Phi) is 6.64. The number of carbonyl (C=O) groups is 1. The number of piperidine rings is 1. The van der Waals surface area contributed by atoms with E-state index in [9.17, 15) is 4.79 Å². The molecule has 2 aromatic rings. The molecular formula is C22H28N2O2. The number of hydrogen-bond acceptors (Lipinski definition) is 3. The van der Waals surface area contributed by atoms with E-state index in [0.717, 1.165) is 50.1 Å². The third-order valence-electron chi connectivity index (χ3n) is 5.26. The van der Waals surface area contributed by atoms with Gasteiger partial charge in [0.25, 0.3) is 0 Å². The molecule has 0 radical (unpaired) electrons. The monoisotopic (exact) mass is 352 g/mol. The van der Waals surface area contributed by atoms with Crippen LogP contribution in [0.1, 0.15) is 44.1 Å². The Morgan fingerprint density at radius 1 is 1.19 bits per heavy atom. The molecule has 4 heteroatoms. The maximum Gasteiger partial charge on any atom is 0.230 e. The smallest absolute Gasteiger partial charge is 0.230 e. The van der Waals surface area contributed by atoms with Crippen molar-refractivity contribution in [2.75, 3.05) is 19.7 Å². The number of rotatable bonds is 7. The third kappa shape index (κ3) is 4.84. The zero-order valence-electron chi connectivity index (χ0n) is 15.5. The second-order valence-electron chi connectivity index (χ2n) is 6.97. The summed E-state index contributed by atoms with van der Waals surface area (Å²) in [6.45, 7) is 4.53. The zero-order valence-corrected chi connectivity index (χ0v) is 15.5. The van der Waals surface area contributed by atoms with Gasteiger partial charge in [-0.05, 0) is 49.3 Å². The fourth-order valence-electron chi connectivity index (χ4n) is 3.68. The molecule has 1 aromatic heterocycles. The molecule has 26 heavy (non-hydrogen) atoms. The number of benzene rings is 1. The van der Waals surface area contributed by atoms with Gasteiger partial charge < -0.3 is 9.64 Å². The molecule has 1 amide bonds. The van der Waals surface area contributed by atoms with Crippen LogP contribution in [-0.2, 0) is 4.79 Å². The third-order valence-corrected chi connectivity index (χ3v) is 5.26. The molecule has 2 heterocycles. The molecule has 1 saturated heterocycles. The van der Waals surface area contributed by atoms with Gasteiger partial charge in [0.15, 0.2) is 0 Å². The largest absolute Gasteiger partial charge is 0.492 e. The Labute approximate surface area is 156 Å². The van der Waals surface area contributed by atoms with E-state index in [4.69, 9.17) is 4.74 Å². The lowest BCUT2D eigenvalue weighted by molar-refractivity contribution is -0.134. The minimum atomic E-state index is -0.0123. The Hall–Kier alpha value is -2.36. The highest BCUT2D eigenvalue weighted by molar-refractivity contribution is 5.83. The predicted molar refractivity (Wildman–Crippen MR) is 103 cm³/mol. The second kappa shape index (κ2) is 9.37. The van der Waals surface area contributed by atoms with Crippen LogP contribution in [0.5, 0.6) is 5.75 Å². The highest BCUT2D eigenvalue weighted by Crippen LogP contribution is 2.26. The fourth-order valence-corrected chi connectivity index (χ4v) is 3.68. The average molecular weight is 352 g/mol. The molecular weight excluding hydrogens is 324 g/mol. The van der Waals surface area contributed by atoms with E-state index in [-0.39, 0.29) is 11.8 Å². The summed E-state index contributed by atoms with van der Waals surface area (Å²) in [5.74, 6) is 1.73. The quantitative estimate of drug-likeness (QED) is 0.747. The fraction of sp³-hybridized carbons (Fsp3) is 0.455. The van der Waals surface area contributed by atoms with Gasteiger partial charge in [-0.1, -0.05) is 37.3 Å². The van der Waals surface area contributed by atoms with Crippen LogP contribution in [0.3, 0.4) is 0 Å². The van der Waals surface area contributed by atoms with Crippen molar-refractivity contribution < 1.29 is 9.53 Å². The van der Waals surface area contributed by atoms with E-state index >= 15 is 0 Å². The Balaban J connectivity index is 1.44. The van der Waals surface area contributed by atoms with Gasteiger partial charge in [-0.15, -0.1) is 0 Å². The summed E-state index contributed by atoms with van der Waals surface area (Å²) >= 11 is 0. The molecule has 0 spiro atoms. The summed E-state index contributed by atoms with van der Waals surface area (Å²) in [7, 11) is 0. The van der Waals surface area contributed by atoms with Gasteiger partial charge in [0.1, 0.15) is 5.75 Å². The highest BCUT2D eigenvalue weighted by atomic mass is 16.5. The van der Waals surface area contributed by atoms with Crippen molar-refractivity contribution in [3.63, 3.8) is 0 Å². The van der Waals surface area contributed by atoms with Crippen LogP contribution in [0.2, 0.25) is 0 Å². The normalized spacial score (nSPS) is 16.3. The Morgan fingerprint density at radius 2 is 1.96 bits per heavy atom. The number of nitrogens with zero attached hydrogens (tertiary/aromatic N) is 2. The van der Waals surface area contributed by atoms with Crippen molar-refractivity contribution in [3.8, 4) is 5.75 Å². The number of hydrogen-bond donors (Lipinski definition) is 0. The van der Waals surface area contributed by atoms with Gasteiger partial charge >= 0.3 is 0 Å². The van der Waals surface area contributed by atoms with Gasteiger partial charge in [0, 0.05) is 19.3 Å². The van der Waals surface area contributed by atoms with Crippen LogP contribution >= 0.6 is 0 Å². The van der Waals surface area contributed by atoms with E-state index in [1.807, 2.05) is 30.3 Å². The van der Waals surface area contributed by atoms with Gasteiger partial charge in [-0.25, -0.2) is 0 Å². The van der Waals surface area contributed by atoms with Crippen LogP contribution in [0.25, 0.3) is 0 Å². The van der Waals surface area contributed by atoms with Gasteiger partial charge in [0.05, 0.1) is 18.7 Å². The Morgan fingerprint density at radius 3 is 2.62 bits per heavy atom. The van der Waals surface area contributed by atoms with Crippen LogP contribution in [0.15, 0.2) is 54.9 Å². The SMILES string of the molecule is CC[C@@H](C(=O)N1CCC(CCOc2cccnc2)CC1)c1ccccc1. The van der Waals surface area contributed by atoms with Crippen molar-refractivity contribution in [2.24, 2.45) is 5.92 Å². The topological polar surface area (TPSA) is 42.4 Å². The first-order valence-corrected chi connectivity index (χ1v) is 9.64. The molecule has 0 aliphatic carbocycles. The van der Waals surface area contributed by atoms with E-state index in [0.29, 0.717) is 12.5 Å². The molecule has 1 fully saturated rings. The first-order chi connectivity index (χ1) is 12.8. The van der Waals surface area contributed by atoms with Crippen LogP contribution < -0.4 is 4.74 Å². The molecule has 0 N–H and O–H groups in total. The first kappa shape index (κ1) is 18.4. The van der Waals surface area contributed by atoms with E-state index in [1.54, 1.807) is 12.4 Å². The van der Waals surface area contributed by atoms with Crippen molar-refractivity contribution >= 4 is 5.91 Å². The molecule has 1 aliphatic heterocycles. The number of aromatic nitrogens is 1. The lowest BCUT2D eigenvalue weighted by Crippen LogP contribution is -2.41. The summed E-state index contributed by atoms with van der Waals surface area (Å²) < 4.78 is 5.75. The maximum absolute atomic E-state index is 12.9. The molecule has 1 aliphatic rings. The summed E-state index contributed by atoms with van der Waals surface area (Å²) in [4.78, 5) is 19.0. The summed E-state index contributed by atoms with van der Waals surface area (Å²) in [6, 6.07) is 14.0. The number of ether oxygens (including phenoxy) is 1. The van der Waals surface area contributed by atoms with Crippen molar-refractivity contribution in [1.82, 2.24) is 9.88 Å². The standard InChI is InChI=1S/C22H28N2O2/c1-2-21(19-7-4-3-5-8-19)22(25)24-14-10-18(11-15-24)12-16-26-20-9-6-13-23-17-20/h3-9,13,17-18,21H,2,10-12,14-16H2,1H3/t21-/m1/s1. The van der Waals surface area contributed by atoms with Crippen LogP contribution in [-0.4, -0.2) is 35.5 Å². The average Bonchev–Trinajstić information content (AvgIpc) is 2.71. The number of carbonyl (C=O) groups excluding carboxylic acids is 1. The van der Waals surface area contributed by atoms with E-state index in [1.165, 1.54) is 0 Å². The van der Waals surface area contributed by atoms with Gasteiger partial charge in [0.2, 0.25) is 5.91 Å². The number of likely N-dealkylation sites (tertiary alicyclic amines) is 1. The van der Waals surface area contributed by atoms with E-state index < -0.39 is 0 Å². The van der Waals surface area contributed by atoms with Crippen LogP contribution in [0.4, 0.5) is 0 Å². The van der Waals surface area contributed by atoms with E-state index in [2.05, 4.69) is 28.9 Å². The molecule has 3 rings (SSSR count). The van der Waals surface area contributed by atoms with Crippen molar-refractivity contribution in [2.45, 2.75) is 38.5 Å². The summed E-state index contributed by atoms with van der Waals surface area (Å²) in [6.07, 6.45) is 7.50. The molecule has 0 bridgehead atoms. The molecule has 0 saturated carbocycles. The summed E-state index contributed by atoms with van der Waals surface area (Å²) in [5, 5.41) is 0. The molecule has 1 atom stereocenters. The molecule has 4 nitrogen and oxygen atoms in total. The molecule has 0 unspecified atom stereocenters. The highest BCUT2D eigenvalue weighted by Gasteiger charge is 2.28. The van der Waals surface area contributed by atoms with Gasteiger partial charge in [-0.3, -0.25) is 9.78 Å². The maximum atomic E-state index is 12.9.